The molecule has 0 spiro atoms. The van der Waals surface area contributed by atoms with Gasteiger partial charge in [-0.05, 0) is 13.0 Å². The summed E-state index contributed by atoms with van der Waals surface area (Å²) in [6, 6.07) is 0. The number of amides is 1. The lowest BCUT2D eigenvalue weighted by Gasteiger charge is -2.36. The van der Waals surface area contributed by atoms with Crippen molar-refractivity contribution in [2.24, 2.45) is 5.92 Å². The van der Waals surface area contributed by atoms with Crippen LogP contribution < -0.4 is 0 Å². The second-order valence-electron chi connectivity index (χ2n) is 5.84. The van der Waals surface area contributed by atoms with Gasteiger partial charge in [0.1, 0.15) is 11.9 Å². The molecule has 2 saturated heterocycles. The van der Waals surface area contributed by atoms with Crippen LogP contribution in [0.15, 0.2) is 36.3 Å². The second kappa shape index (κ2) is 8.30. The number of hydrogen-bond acceptors (Lipinski definition) is 4. The molecule has 0 saturated carbocycles. The highest BCUT2D eigenvalue weighted by Crippen LogP contribution is 2.28. The van der Waals surface area contributed by atoms with Crippen LogP contribution in [-0.2, 0) is 25.6 Å². The molecule has 2 rings (SSSR count). The normalized spacial score (nSPS) is 28.3. The molecule has 0 aromatic rings. The summed E-state index contributed by atoms with van der Waals surface area (Å²) < 4.78 is 28.3. The molecule has 9 heteroatoms. The fourth-order valence-corrected chi connectivity index (χ4v) is 3.61. The highest BCUT2D eigenvalue weighted by atomic mass is 32.2. The average molecular weight is 370 g/mol. The zero-order valence-electron chi connectivity index (χ0n) is 14.0. The lowest BCUT2D eigenvalue weighted by molar-refractivity contribution is -0.141. The van der Waals surface area contributed by atoms with E-state index in [1.54, 1.807) is 19.1 Å². The molecule has 0 radical (unpaired) electrons. The molecule has 2 aliphatic heterocycles. The van der Waals surface area contributed by atoms with E-state index in [1.807, 2.05) is 0 Å². The summed E-state index contributed by atoms with van der Waals surface area (Å²) in [6.45, 7) is 6.08. The number of aliphatic carboxylic acids is 1. The van der Waals surface area contributed by atoms with Crippen molar-refractivity contribution in [3.63, 3.8) is 0 Å². The zero-order chi connectivity index (χ0) is 18.6. The standard InChI is InChI=1S/C16H22N2O6S/c1-3-5-14-13(4-2)18(25(22)23)10-12(24-14)6-7-17-9-11(16(20)21)8-15(17)19/h3-5,11-12H,1,6-10H2,2H3,(H,20,21)(H,22,23)/b13-4+,14-5+. The fourth-order valence-electron chi connectivity index (χ4n) is 2.95. The first-order valence-corrected chi connectivity index (χ1v) is 8.98. The number of carboxylic acid groups (broad SMARTS) is 1. The first kappa shape index (κ1) is 19.2. The maximum Gasteiger partial charge on any atom is 0.308 e. The van der Waals surface area contributed by atoms with Crippen molar-refractivity contribution in [2.45, 2.75) is 25.9 Å². The number of nitrogens with zero attached hydrogens (tertiary/aromatic N) is 2. The average Bonchev–Trinajstić information content (AvgIpc) is 2.94. The van der Waals surface area contributed by atoms with E-state index in [0.717, 1.165) is 0 Å². The van der Waals surface area contributed by atoms with Gasteiger partial charge in [0.05, 0.1) is 18.2 Å². The van der Waals surface area contributed by atoms with Gasteiger partial charge in [0.25, 0.3) is 11.3 Å². The van der Waals surface area contributed by atoms with E-state index in [2.05, 4.69) is 6.58 Å². The van der Waals surface area contributed by atoms with E-state index in [0.29, 0.717) is 24.4 Å². The van der Waals surface area contributed by atoms with Gasteiger partial charge < -0.3 is 14.7 Å². The summed E-state index contributed by atoms with van der Waals surface area (Å²) in [5, 5.41) is 9.02. The number of carbonyl (C=O) groups excluding carboxylic acids is 1. The van der Waals surface area contributed by atoms with Crippen LogP contribution in [0.2, 0.25) is 0 Å². The van der Waals surface area contributed by atoms with E-state index in [4.69, 9.17) is 9.84 Å². The molecule has 3 atom stereocenters. The molecule has 2 N–H and O–H groups in total. The lowest BCUT2D eigenvalue weighted by Crippen LogP contribution is -2.42. The Morgan fingerprint density at radius 3 is 2.72 bits per heavy atom. The molecule has 2 aliphatic rings. The first-order chi connectivity index (χ1) is 11.9. The second-order valence-corrected chi connectivity index (χ2v) is 6.74. The fraction of sp³-hybridized carbons (Fsp3) is 0.500. The minimum atomic E-state index is -2.20. The molecule has 0 aromatic carbocycles. The number of hydrogen-bond donors (Lipinski definition) is 2. The minimum absolute atomic E-state index is 0.0119. The molecule has 8 nitrogen and oxygen atoms in total. The molecule has 0 aromatic heterocycles. The SMILES string of the molecule is C=C/C=C1/OC(CCN2CC(C(=O)O)CC2=O)CN(S(=O)O)/C1=C/C. The summed E-state index contributed by atoms with van der Waals surface area (Å²) >= 11 is -2.20. The van der Waals surface area contributed by atoms with Gasteiger partial charge in [-0.1, -0.05) is 18.7 Å². The number of rotatable bonds is 6. The Hall–Kier alpha value is -2.13. The van der Waals surface area contributed by atoms with E-state index in [1.165, 1.54) is 15.3 Å². The molecule has 0 aliphatic carbocycles. The number of ether oxygens (including phenoxy) is 1. The summed E-state index contributed by atoms with van der Waals surface area (Å²) in [5.74, 6) is -1.40. The molecule has 138 valence electrons. The predicted octanol–water partition coefficient (Wildman–Crippen LogP) is 1.12. The van der Waals surface area contributed by atoms with Gasteiger partial charge in [0.15, 0.2) is 0 Å². The summed E-state index contributed by atoms with van der Waals surface area (Å²) in [7, 11) is 0. The lowest BCUT2D eigenvalue weighted by atomic mass is 10.1. The van der Waals surface area contributed by atoms with Crippen LogP contribution in [-0.4, -0.2) is 60.7 Å². The van der Waals surface area contributed by atoms with Gasteiger partial charge in [-0.3, -0.25) is 18.4 Å². The molecule has 3 unspecified atom stereocenters. The van der Waals surface area contributed by atoms with E-state index < -0.39 is 29.3 Å². The van der Waals surface area contributed by atoms with Gasteiger partial charge in [-0.2, -0.15) is 0 Å². The van der Waals surface area contributed by atoms with Gasteiger partial charge in [-0.25, -0.2) is 4.21 Å². The third-order valence-corrected chi connectivity index (χ3v) is 4.92. The van der Waals surface area contributed by atoms with Crippen LogP contribution in [0, 0.1) is 5.92 Å². The highest BCUT2D eigenvalue weighted by Gasteiger charge is 2.36. The Bertz CT molecular complexity index is 645. The van der Waals surface area contributed by atoms with Crippen molar-refractivity contribution >= 4 is 23.1 Å². The quantitative estimate of drug-likeness (QED) is 0.679. The number of likely N-dealkylation sites (tertiary alicyclic amines) is 1. The highest BCUT2D eigenvalue weighted by molar-refractivity contribution is 7.76. The van der Waals surface area contributed by atoms with Gasteiger partial charge in [0.2, 0.25) is 5.91 Å². The number of carboxylic acids is 1. The topological polar surface area (TPSA) is 107 Å². The van der Waals surface area contributed by atoms with E-state index in [9.17, 15) is 18.4 Å². The summed E-state index contributed by atoms with van der Waals surface area (Å²) in [4.78, 5) is 24.4. The zero-order valence-corrected chi connectivity index (χ0v) is 14.8. The van der Waals surface area contributed by atoms with Crippen molar-refractivity contribution in [2.75, 3.05) is 19.6 Å². The van der Waals surface area contributed by atoms with Crippen molar-refractivity contribution in [3.05, 3.63) is 36.3 Å². The largest absolute Gasteiger partial charge is 0.486 e. The van der Waals surface area contributed by atoms with Crippen molar-refractivity contribution in [1.29, 1.82) is 0 Å². The smallest absolute Gasteiger partial charge is 0.308 e. The minimum Gasteiger partial charge on any atom is -0.486 e. The number of allylic oxidation sites excluding steroid dienone is 3. The predicted molar refractivity (Wildman–Crippen MR) is 91.3 cm³/mol. The summed E-state index contributed by atoms with van der Waals surface area (Å²) in [6.07, 6.45) is 4.86. The van der Waals surface area contributed by atoms with Crippen LogP contribution in [0.5, 0.6) is 0 Å². The molecule has 0 bridgehead atoms. The Labute approximate surface area is 148 Å². The van der Waals surface area contributed by atoms with Crippen LogP contribution >= 0.6 is 0 Å². The van der Waals surface area contributed by atoms with E-state index >= 15 is 0 Å². The maximum atomic E-state index is 11.9. The molecule has 1 amide bonds. The Morgan fingerprint density at radius 2 is 2.20 bits per heavy atom. The molecule has 2 fully saturated rings. The molecule has 2 heterocycles. The van der Waals surface area contributed by atoms with Crippen molar-refractivity contribution in [3.8, 4) is 0 Å². The van der Waals surface area contributed by atoms with Gasteiger partial charge >= 0.3 is 5.97 Å². The Balaban J connectivity index is 2.04. The van der Waals surface area contributed by atoms with Crippen LogP contribution in [0.3, 0.4) is 0 Å². The van der Waals surface area contributed by atoms with Crippen LogP contribution in [0.25, 0.3) is 0 Å². The third-order valence-electron chi connectivity index (χ3n) is 4.20. The molecular formula is C16H22N2O6S. The van der Waals surface area contributed by atoms with Crippen molar-refractivity contribution < 1.29 is 28.2 Å². The Kier molecular flexibility index (Phi) is 6.38. The molecule has 25 heavy (non-hydrogen) atoms. The van der Waals surface area contributed by atoms with Gasteiger partial charge in [0, 0.05) is 25.9 Å². The maximum absolute atomic E-state index is 11.9. The third kappa shape index (κ3) is 4.49. The van der Waals surface area contributed by atoms with E-state index in [-0.39, 0.29) is 25.4 Å². The van der Waals surface area contributed by atoms with Gasteiger partial charge in [-0.15, -0.1) is 0 Å². The number of morpholine rings is 1. The van der Waals surface area contributed by atoms with Crippen LogP contribution in [0.1, 0.15) is 19.8 Å². The monoisotopic (exact) mass is 370 g/mol. The van der Waals surface area contributed by atoms with Crippen LogP contribution in [0.4, 0.5) is 0 Å². The van der Waals surface area contributed by atoms with Crippen molar-refractivity contribution in [1.82, 2.24) is 9.21 Å². The first-order valence-electron chi connectivity index (χ1n) is 7.92. The molecular weight excluding hydrogens is 348 g/mol. The Morgan fingerprint density at radius 1 is 1.48 bits per heavy atom. The summed E-state index contributed by atoms with van der Waals surface area (Å²) in [5.41, 5.74) is 0.500. The number of carbonyl (C=O) groups is 2.